The average Bonchev–Trinajstić information content (AvgIpc) is 2.74. The monoisotopic (exact) mass is 320 g/mol. The van der Waals surface area contributed by atoms with E-state index in [1.807, 2.05) is 30.3 Å². The molecule has 0 radical (unpaired) electrons. The van der Waals surface area contributed by atoms with Crippen molar-refractivity contribution in [2.45, 2.75) is 39.7 Å². The van der Waals surface area contributed by atoms with Gasteiger partial charge in [0.2, 0.25) is 5.91 Å². The van der Waals surface area contributed by atoms with Gasteiger partial charge in [-0.05, 0) is 25.0 Å². The van der Waals surface area contributed by atoms with Gasteiger partial charge in [0.25, 0.3) is 0 Å². The summed E-state index contributed by atoms with van der Waals surface area (Å²) in [4.78, 5) is 17.7. The van der Waals surface area contributed by atoms with Gasteiger partial charge in [-0.15, -0.1) is 0 Å². The van der Waals surface area contributed by atoms with Crippen LogP contribution in [0.5, 0.6) is 0 Å². The highest BCUT2D eigenvalue weighted by Crippen LogP contribution is 2.28. The Labute approximate surface area is 143 Å². The number of benzene rings is 2. The highest BCUT2D eigenvalue weighted by Gasteiger charge is 2.30. The van der Waals surface area contributed by atoms with E-state index >= 15 is 0 Å². The zero-order chi connectivity index (χ0) is 17.1. The molecular weight excluding hydrogens is 296 g/mol. The van der Waals surface area contributed by atoms with Gasteiger partial charge in [0.05, 0.1) is 11.4 Å². The summed E-state index contributed by atoms with van der Waals surface area (Å²) in [5.41, 5.74) is 4.97. The van der Waals surface area contributed by atoms with Crippen molar-refractivity contribution in [1.82, 2.24) is 0 Å². The summed E-state index contributed by atoms with van der Waals surface area (Å²) in [5.74, 6) is 0.249. The molecule has 0 aromatic heterocycles. The Balaban J connectivity index is 2.20. The highest BCUT2D eigenvalue weighted by atomic mass is 16.2. The molecule has 0 saturated heterocycles. The van der Waals surface area contributed by atoms with Crippen LogP contribution in [0.15, 0.2) is 53.5 Å². The number of nitrogens with one attached hydrogen (secondary N) is 1. The minimum absolute atomic E-state index is 0.000246. The summed E-state index contributed by atoms with van der Waals surface area (Å²) in [6, 6.07) is 15.9. The maximum absolute atomic E-state index is 12.8. The van der Waals surface area contributed by atoms with Crippen molar-refractivity contribution in [2.24, 2.45) is 10.9 Å². The van der Waals surface area contributed by atoms with E-state index in [0.29, 0.717) is 0 Å². The molecule has 3 nitrogen and oxygen atoms in total. The number of rotatable bonds is 4. The lowest BCUT2D eigenvalue weighted by Crippen LogP contribution is -2.32. The maximum Gasteiger partial charge on any atom is 0.249 e. The minimum atomic E-state index is -0.345. The van der Waals surface area contributed by atoms with Crippen LogP contribution in [0.3, 0.4) is 0 Å². The number of aliphatic imine (C=N–C) groups is 1. The van der Waals surface area contributed by atoms with Gasteiger partial charge < -0.3 is 5.32 Å². The molecule has 1 heterocycles. The van der Waals surface area contributed by atoms with Crippen LogP contribution in [0.1, 0.15) is 43.4 Å². The smallest absolute Gasteiger partial charge is 0.249 e. The van der Waals surface area contributed by atoms with Crippen LogP contribution in [0.4, 0.5) is 5.69 Å². The molecule has 1 atom stereocenters. The summed E-state index contributed by atoms with van der Waals surface area (Å²) < 4.78 is 0. The Morgan fingerprint density at radius 3 is 2.46 bits per heavy atom. The van der Waals surface area contributed by atoms with E-state index in [2.05, 4.69) is 44.3 Å². The first kappa shape index (κ1) is 16.4. The highest BCUT2D eigenvalue weighted by molar-refractivity contribution is 6.19. The molecule has 0 bridgehead atoms. The number of carbonyl (C=O) groups excluding carboxylic acids is 1. The van der Waals surface area contributed by atoms with Crippen LogP contribution in [-0.4, -0.2) is 17.7 Å². The molecule has 0 fully saturated rings. The summed E-state index contributed by atoms with van der Waals surface area (Å²) in [5, 5.41) is 3.10. The fourth-order valence-corrected chi connectivity index (χ4v) is 3.32. The van der Waals surface area contributed by atoms with Crippen LogP contribution in [0, 0.1) is 12.8 Å². The van der Waals surface area contributed by atoms with Crippen LogP contribution in [0.25, 0.3) is 0 Å². The topological polar surface area (TPSA) is 41.5 Å². The lowest BCUT2D eigenvalue weighted by atomic mass is 9.93. The molecule has 2 aromatic rings. The van der Waals surface area contributed by atoms with Crippen molar-refractivity contribution < 1.29 is 4.79 Å². The van der Waals surface area contributed by atoms with E-state index in [1.54, 1.807) is 0 Å². The number of anilines is 1. The SMILES string of the molecule is CCC(CC)[C@@H]1N=C(c2ccccc2)c2cc(C)ccc2NC1=O. The van der Waals surface area contributed by atoms with Gasteiger partial charge in [0.1, 0.15) is 6.04 Å². The third-order valence-corrected chi connectivity index (χ3v) is 4.77. The Hall–Kier alpha value is -2.42. The molecule has 2 aromatic carbocycles. The Kier molecular flexibility index (Phi) is 4.79. The number of amides is 1. The quantitative estimate of drug-likeness (QED) is 0.879. The van der Waals surface area contributed by atoms with Crippen LogP contribution >= 0.6 is 0 Å². The predicted molar refractivity (Wildman–Crippen MR) is 99.7 cm³/mol. The number of aryl methyl sites for hydroxylation is 1. The zero-order valence-electron chi connectivity index (χ0n) is 14.5. The molecule has 0 saturated carbocycles. The largest absolute Gasteiger partial charge is 0.324 e. The molecule has 0 unspecified atom stereocenters. The van der Waals surface area contributed by atoms with E-state index in [4.69, 9.17) is 4.99 Å². The van der Waals surface area contributed by atoms with Crippen molar-refractivity contribution in [3.63, 3.8) is 0 Å². The number of hydrogen-bond donors (Lipinski definition) is 1. The normalized spacial score (nSPS) is 17.1. The summed E-state index contributed by atoms with van der Waals surface area (Å²) in [6.07, 6.45) is 1.88. The molecule has 1 aliphatic heterocycles. The van der Waals surface area contributed by atoms with Gasteiger partial charge >= 0.3 is 0 Å². The summed E-state index contributed by atoms with van der Waals surface area (Å²) >= 11 is 0. The Morgan fingerprint density at radius 2 is 1.79 bits per heavy atom. The summed E-state index contributed by atoms with van der Waals surface area (Å²) in [7, 11) is 0. The predicted octanol–water partition coefficient (Wildman–Crippen LogP) is 4.59. The standard InChI is InChI=1S/C21H24N2O/c1-4-15(5-2)20-21(24)22-18-12-11-14(3)13-17(18)19(23-20)16-9-7-6-8-10-16/h6-13,15,20H,4-5H2,1-3H3,(H,22,24)/t20-/m0/s1. The van der Waals surface area contributed by atoms with Crippen molar-refractivity contribution in [1.29, 1.82) is 0 Å². The Morgan fingerprint density at radius 1 is 1.08 bits per heavy atom. The zero-order valence-corrected chi connectivity index (χ0v) is 14.5. The average molecular weight is 320 g/mol. The Bertz CT molecular complexity index is 761. The van der Waals surface area contributed by atoms with E-state index in [-0.39, 0.29) is 17.9 Å². The first-order valence-electron chi connectivity index (χ1n) is 8.69. The second-order valence-corrected chi connectivity index (χ2v) is 6.40. The molecule has 3 rings (SSSR count). The minimum Gasteiger partial charge on any atom is -0.324 e. The fraction of sp³-hybridized carbons (Fsp3) is 0.333. The third kappa shape index (κ3) is 3.12. The first-order valence-corrected chi connectivity index (χ1v) is 8.69. The van der Waals surface area contributed by atoms with Crippen molar-refractivity contribution in [3.05, 3.63) is 65.2 Å². The number of carbonyl (C=O) groups is 1. The molecule has 3 heteroatoms. The number of fused-ring (bicyclic) bond motifs is 1. The van der Waals surface area contributed by atoms with Gasteiger partial charge in [0.15, 0.2) is 0 Å². The summed E-state index contributed by atoms with van der Waals surface area (Å²) in [6.45, 7) is 6.32. The maximum atomic E-state index is 12.8. The number of benzodiazepines with no additional fused rings is 1. The molecule has 24 heavy (non-hydrogen) atoms. The van der Waals surface area contributed by atoms with Gasteiger partial charge in [-0.2, -0.15) is 0 Å². The van der Waals surface area contributed by atoms with E-state index in [1.165, 1.54) is 0 Å². The van der Waals surface area contributed by atoms with Gasteiger partial charge in [0, 0.05) is 11.1 Å². The molecule has 0 aliphatic carbocycles. The lowest BCUT2D eigenvalue weighted by Gasteiger charge is -2.20. The van der Waals surface area contributed by atoms with Crippen LogP contribution in [-0.2, 0) is 4.79 Å². The van der Waals surface area contributed by atoms with Crippen molar-refractivity contribution in [3.8, 4) is 0 Å². The molecule has 1 aliphatic rings. The first-order chi connectivity index (χ1) is 11.6. The fourth-order valence-electron chi connectivity index (χ4n) is 3.32. The second-order valence-electron chi connectivity index (χ2n) is 6.40. The third-order valence-electron chi connectivity index (χ3n) is 4.77. The lowest BCUT2D eigenvalue weighted by molar-refractivity contribution is -0.118. The van der Waals surface area contributed by atoms with E-state index < -0.39 is 0 Å². The number of hydrogen-bond acceptors (Lipinski definition) is 2. The van der Waals surface area contributed by atoms with Gasteiger partial charge in [-0.1, -0.05) is 68.7 Å². The molecule has 124 valence electrons. The molecule has 0 spiro atoms. The van der Waals surface area contributed by atoms with E-state index in [0.717, 1.165) is 40.9 Å². The van der Waals surface area contributed by atoms with Crippen LogP contribution < -0.4 is 5.32 Å². The van der Waals surface area contributed by atoms with Crippen molar-refractivity contribution >= 4 is 17.3 Å². The van der Waals surface area contributed by atoms with Crippen LogP contribution in [0.2, 0.25) is 0 Å². The molecular formula is C21H24N2O. The van der Waals surface area contributed by atoms with E-state index in [9.17, 15) is 4.79 Å². The van der Waals surface area contributed by atoms with Gasteiger partial charge in [-0.3, -0.25) is 9.79 Å². The van der Waals surface area contributed by atoms with Crippen molar-refractivity contribution in [2.75, 3.05) is 5.32 Å². The molecule has 1 N–H and O–H groups in total. The van der Waals surface area contributed by atoms with Gasteiger partial charge in [-0.25, -0.2) is 0 Å². The second kappa shape index (κ2) is 7.00. The number of nitrogens with zero attached hydrogens (tertiary/aromatic N) is 1. The molecule has 1 amide bonds.